The van der Waals surface area contributed by atoms with Crippen LogP contribution in [0.2, 0.25) is 0 Å². The van der Waals surface area contributed by atoms with Crippen LogP contribution in [0.5, 0.6) is 0 Å². The molecule has 5 aliphatic carbocycles. The molecule has 16 heavy (non-hydrogen) atoms. The number of rotatable bonds is 2. The zero-order chi connectivity index (χ0) is 10.7. The van der Waals surface area contributed by atoms with Crippen LogP contribution in [0.25, 0.3) is 0 Å². The van der Waals surface area contributed by atoms with Gasteiger partial charge in [-0.1, -0.05) is 0 Å². The summed E-state index contributed by atoms with van der Waals surface area (Å²) in [5, 5.41) is 3.95. The molecule has 0 aromatic carbocycles. The number of hydrogen-bond donors (Lipinski definition) is 2. The summed E-state index contributed by atoms with van der Waals surface area (Å²) in [5.41, 5.74) is 5.88. The molecule has 5 saturated carbocycles. The molecule has 0 radical (unpaired) electrons. The molecule has 0 heterocycles. The van der Waals surface area contributed by atoms with E-state index in [0.717, 1.165) is 35.8 Å². The zero-order valence-electron chi connectivity index (χ0n) is 10.1. The van der Waals surface area contributed by atoms with E-state index >= 15 is 0 Å². The molecule has 4 bridgehead atoms. The summed E-state index contributed by atoms with van der Waals surface area (Å²) in [5.74, 6) is 4.24. The minimum Gasteiger partial charge on any atom is -0.328 e. The second-order valence-corrected chi connectivity index (χ2v) is 7.05. The quantitative estimate of drug-likeness (QED) is 0.746. The Morgan fingerprint density at radius 3 is 1.81 bits per heavy atom. The van der Waals surface area contributed by atoms with Gasteiger partial charge < -0.3 is 11.1 Å². The van der Waals surface area contributed by atoms with E-state index in [9.17, 15) is 0 Å². The van der Waals surface area contributed by atoms with Crippen molar-refractivity contribution in [3.8, 4) is 0 Å². The van der Waals surface area contributed by atoms with Gasteiger partial charge in [0.25, 0.3) is 0 Å². The SMILES string of the molecule is NC1CC(NC2C3CC4CC(C3)CC2C4)C1. The van der Waals surface area contributed by atoms with Crippen LogP contribution in [-0.4, -0.2) is 18.1 Å². The zero-order valence-corrected chi connectivity index (χ0v) is 10.1. The van der Waals surface area contributed by atoms with Gasteiger partial charge in [0.15, 0.2) is 0 Å². The third-order valence-corrected chi connectivity index (χ3v) is 5.83. The normalized spacial score (nSPS) is 58.7. The minimum absolute atomic E-state index is 0.495. The molecule has 0 saturated heterocycles. The van der Waals surface area contributed by atoms with E-state index in [1.54, 1.807) is 6.42 Å². The number of nitrogens with one attached hydrogen (secondary N) is 1. The summed E-state index contributed by atoms with van der Waals surface area (Å²) < 4.78 is 0. The third-order valence-electron chi connectivity index (χ3n) is 5.83. The first-order valence-electron chi connectivity index (χ1n) is 7.29. The molecule has 5 rings (SSSR count). The maximum Gasteiger partial charge on any atom is 0.0127 e. The number of hydrogen-bond acceptors (Lipinski definition) is 2. The molecular formula is C14H24N2. The molecular weight excluding hydrogens is 196 g/mol. The summed E-state index contributed by atoms with van der Waals surface area (Å²) in [7, 11) is 0. The summed E-state index contributed by atoms with van der Waals surface area (Å²) >= 11 is 0. The molecule has 0 amide bonds. The second kappa shape index (κ2) is 3.46. The number of nitrogens with two attached hydrogens (primary N) is 1. The van der Waals surface area contributed by atoms with Gasteiger partial charge in [-0.2, -0.15) is 0 Å². The fourth-order valence-electron chi connectivity index (χ4n) is 5.27. The highest BCUT2D eigenvalue weighted by Crippen LogP contribution is 2.53. The lowest BCUT2D eigenvalue weighted by Crippen LogP contribution is -2.60. The van der Waals surface area contributed by atoms with Gasteiger partial charge in [0, 0.05) is 18.1 Å². The van der Waals surface area contributed by atoms with Gasteiger partial charge in [-0.25, -0.2) is 0 Å². The van der Waals surface area contributed by atoms with Crippen molar-refractivity contribution in [2.24, 2.45) is 29.4 Å². The Kier molecular flexibility index (Phi) is 2.14. The molecule has 0 aromatic heterocycles. The predicted octanol–water partition coefficient (Wildman–Crippen LogP) is 1.89. The van der Waals surface area contributed by atoms with E-state index in [1.165, 1.54) is 38.5 Å². The highest BCUT2D eigenvalue weighted by Gasteiger charge is 2.48. The highest BCUT2D eigenvalue weighted by molar-refractivity contribution is 5.03. The molecule has 0 atom stereocenters. The third kappa shape index (κ3) is 1.46. The van der Waals surface area contributed by atoms with Crippen LogP contribution in [0.3, 0.4) is 0 Å². The van der Waals surface area contributed by atoms with Gasteiger partial charge >= 0.3 is 0 Å². The van der Waals surface area contributed by atoms with E-state index in [0.29, 0.717) is 6.04 Å². The first-order valence-corrected chi connectivity index (χ1v) is 7.29. The molecule has 2 heteroatoms. The molecule has 0 aliphatic heterocycles. The minimum atomic E-state index is 0.495. The van der Waals surface area contributed by atoms with Gasteiger partial charge in [-0.3, -0.25) is 0 Å². The van der Waals surface area contributed by atoms with Gasteiger partial charge in [0.05, 0.1) is 0 Å². The van der Waals surface area contributed by atoms with Gasteiger partial charge in [0.1, 0.15) is 0 Å². The van der Waals surface area contributed by atoms with Crippen molar-refractivity contribution in [1.29, 1.82) is 0 Å². The van der Waals surface area contributed by atoms with Crippen molar-refractivity contribution in [3.63, 3.8) is 0 Å². The lowest BCUT2D eigenvalue weighted by atomic mass is 9.54. The molecule has 0 spiro atoms. The first-order chi connectivity index (χ1) is 7.78. The molecule has 2 nitrogen and oxygen atoms in total. The Morgan fingerprint density at radius 2 is 1.31 bits per heavy atom. The summed E-state index contributed by atoms with van der Waals surface area (Å²) in [6, 6.07) is 2.12. The Bertz CT molecular complexity index is 254. The van der Waals surface area contributed by atoms with E-state index in [2.05, 4.69) is 5.32 Å². The molecule has 5 fully saturated rings. The lowest BCUT2D eigenvalue weighted by Gasteiger charge is -2.56. The van der Waals surface area contributed by atoms with Crippen molar-refractivity contribution in [1.82, 2.24) is 5.32 Å². The van der Waals surface area contributed by atoms with E-state index in [4.69, 9.17) is 5.73 Å². The van der Waals surface area contributed by atoms with Crippen LogP contribution in [0.15, 0.2) is 0 Å². The van der Waals surface area contributed by atoms with Crippen LogP contribution in [0.4, 0.5) is 0 Å². The lowest BCUT2D eigenvalue weighted by molar-refractivity contribution is -0.0221. The smallest absolute Gasteiger partial charge is 0.0127 e. The average Bonchev–Trinajstić information content (AvgIpc) is 2.19. The molecule has 5 aliphatic rings. The van der Waals surface area contributed by atoms with E-state index < -0.39 is 0 Å². The topological polar surface area (TPSA) is 38.0 Å². The van der Waals surface area contributed by atoms with Gasteiger partial charge in [0.2, 0.25) is 0 Å². The van der Waals surface area contributed by atoms with Crippen LogP contribution < -0.4 is 11.1 Å². The van der Waals surface area contributed by atoms with E-state index in [1.807, 2.05) is 0 Å². The Morgan fingerprint density at radius 1 is 0.750 bits per heavy atom. The highest BCUT2D eigenvalue weighted by atomic mass is 15.0. The average molecular weight is 220 g/mol. The fraction of sp³-hybridized carbons (Fsp3) is 1.00. The van der Waals surface area contributed by atoms with Crippen LogP contribution in [-0.2, 0) is 0 Å². The summed E-state index contributed by atoms with van der Waals surface area (Å²) in [4.78, 5) is 0. The largest absolute Gasteiger partial charge is 0.328 e. The Balaban J connectivity index is 1.44. The van der Waals surface area contributed by atoms with Crippen LogP contribution >= 0.6 is 0 Å². The summed E-state index contributed by atoms with van der Waals surface area (Å²) in [6.07, 6.45) is 10.1. The van der Waals surface area contributed by atoms with Crippen LogP contribution in [0, 0.1) is 23.7 Å². The van der Waals surface area contributed by atoms with Crippen molar-refractivity contribution >= 4 is 0 Å². The second-order valence-electron chi connectivity index (χ2n) is 7.05. The van der Waals surface area contributed by atoms with Crippen molar-refractivity contribution < 1.29 is 0 Å². The fourth-order valence-corrected chi connectivity index (χ4v) is 5.27. The Labute approximate surface area is 98.3 Å². The van der Waals surface area contributed by atoms with Crippen molar-refractivity contribution in [3.05, 3.63) is 0 Å². The molecule has 90 valence electrons. The molecule has 3 N–H and O–H groups in total. The van der Waals surface area contributed by atoms with Crippen LogP contribution in [0.1, 0.15) is 44.9 Å². The standard InChI is InChI=1S/C14H24N2/c15-12-6-13(7-12)16-14-10-2-8-1-9(4-10)5-11(14)3-8/h8-14,16H,1-7,15H2. The van der Waals surface area contributed by atoms with Crippen molar-refractivity contribution in [2.45, 2.75) is 63.1 Å². The molecule has 0 aromatic rings. The predicted molar refractivity (Wildman–Crippen MR) is 65.0 cm³/mol. The van der Waals surface area contributed by atoms with Crippen molar-refractivity contribution in [2.75, 3.05) is 0 Å². The molecule has 0 unspecified atom stereocenters. The first kappa shape index (κ1) is 9.90. The Hall–Kier alpha value is -0.0800. The van der Waals surface area contributed by atoms with E-state index in [-0.39, 0.29) is 0 Å². The van der Waals surface area contributed by atoms with Gasteiger partial charge in [-0.15, -0.1) is 0 Å². The maximum absolute atomic E-state index is 5.88. The monoisotopic (exact) mass is 220 g/mol. The summed E-state index contributed by atoms with van der Waals surface area (Å²) in [6.45, 7) is 0. The maximum atomic E-state index is 5.88. The van der Waals surface area contributed by atoms with Gasteiger partial charge in [-0.05, 0) is 68.6 Å².